The molecule has 0 aliphatic carbocycles. The number of hydrogen-bond donors (Lipinski definition) is 1. The molecule has 2 aromatic rings. The summed E-state index contributed by atoms with van der Waals surface area (Å²) < 4.78 is 30.1. The summed E-state index contributed by atoms with van der Waals surface area (Å²) in [5.41, 5.74) is 1.42. The van der Waals surface area contributed by atoms with Gasteiger partial charge >= 0.3 is 0 Å². The number of amides is 1. The molecule has 0 saturated carbocycles. The summed E-state index contributed by atoms with van der Waals surface area (Å²) in [6.45, 7) is 1.90. The van der Waals surface area contributed by atoms with Crippen LogP contribution in [-0.4, -0.2) is 38.8 Å². The number of furan rings is 1. The largest absolute Gasteiger partial charge is 0.472 e. The Labute approximate surface area is 136 Å². The van der Waals surface area contributed by atoms with Crippen molar-refractivity contribution in [3.05, 3.63) is 54.0 Å². The van der Waals surface area contributed by atoms with E-state index in [4.69, 9.17) is 4.42 Å². The van der Waals surface area contributed by atoms with Gasteiger partial charge in [-0.25, -0.2) is 12.7 Å². The van der Waals surface area contributed by atoms with Gasteiger partial charge in [-0.05, 0) is 49.2 Å². The summed E-state index contributed by atoms with van der Waals surface area (Å²) >= 11 is 0. The Balaban J connectivity index is 2.03. The van der Waals surface area contributed by atoms with Crippen LogP contribution in [0.25, 0.3) is 0 Å². The van der Waals surface area contributed by atoms with Crippen LogP contribution in [0.4, 0.5) is 0 Å². The normalized spacial score (nSPS) is 13.0. The van der Waals surface area contributed by atoms with Gasteiger partial charge in [-0.1, -0.05) is 0 Å². The van der Waals surface area contributed by atoms with Crippen LogP contribution in [0.2, 0.25) is 0 Å². The Kier molecular flexibility index (Phi) is 5.23. The fourth-order valence-electron chi connectivity index (χ4n) is 2.11. The molecule has 124 valence electrons. The van der Waals surface area contributed by atoms with Crippen molar-refractivity contribution in [1.29, 1.82) is 0 Å². The van der Waals surface area contributed by atoms with Crippen molar-refractivity contribution < 1.29 is 17.6 Å². The number of rotatable bonds is 6. The van der Waals surface area contributed by atoms with Crippen molar-refractivity contribution in [2.24, 2.45) is 0 Å². The molecule has 6 nitrogen and oxygen atoms in total. The highest BCUT2D eigenvalue weighted by atomic mass is 32.2. The SMILES string of the molecule is CC(Cc1ccoc1)NC(=O)c1ccc(S(=O)(=O)N(C)C)cc1. The second-order valence-electron chi connectivity index (χ2n) is 5.52. The maximum atomic E-state index is 12.2. The quantitative estimate of drug-likeness (QED) is 0.873. The van der Waals surface area contributed by atoms with E-state index < -0.39 is 10.0 Å². The smallest absolute Gasteiger partial charge is 0.251 e. The molecule has 7 heteroatoms. The van der Waals surface area contributed by atoms with E-state index in [1.807, 2.05) is 13.0 Å². The molecule has 0 spiro atoms. The molecule has 0 bridgehead atoms. The number of benzene rings is 1. The van der Waals surface area contributed by atoms with Gasteiger partial charge in [-0.2, -0.15) is 0 Å². The molecule has 23 heavy (non-hydrogen) atoms. The third-order valence-electron chi connectivity index (χ3n) is 3.39. The number of hydrogen-bond acceptors (Lipinski definition) is 4. The van der Waals surface area contributed by atoms with Crippen LogP contribution in [0.5, 0.6) is 0 Å². The predicted molar refractivity (Wildman–Crippen MR) is 86.7 cm³/mol. The molecule has 1 N–H and O–H groups in total. The first-order valence-corrected chi connectivity index (χ1v) is 8.59. The highest BCUT2D eigenvalue weighted by Crippen LogP contribution is 2.14. The van der Waals surface area contributed by atoms with Crippen LogP contribution >= 0.6 is 0 Å². The van der Waals surface area contributed by atoms with Crippen LogP contribution in [0.1, 0.15) is 22.8 Å². The predicted octanol–water partition coefficient (Wildman–Crippen LogP) is 1.89. The number of carbonyl (C=O) groups is 1. The number of nitrogens with zero attached hydrogens (tertiary/aromatic N) is 1. The molecular formula is C16H20N2O4S. The first-order chi connectivity index (χ1) is 10.8. The number of sulfonamides is 1. The Hall–Kier alpha value is -2.12. The zero-order chi connectivity index (χ0) is 17.0. The van der Waals surface area contributed by atoms with E-state index in [1.54, 1.807) is 12.5 Å². The van der Waals surface area contributed by atoms with Gasteiger partial charge in [0.25, 0.3) is 5.91 Å². The van der Waals surface area contributed by atoms with E-state index in [0.29, 0.717) is 12.0 Å². The van der Waals surface area contributed by atoms with Crippen molar-refractivity contribution in [3.8, 4) is 0 Å². The van der Waals surface area contributed by atoms with Crippen LogP contribution in [0, 0.1) is 0 Å². The molecule has 1 aromatic carbocycles. The van der Waals surface area contributed by atoms with Crippen LogP contribution in [0.3, 0.4) is 0 Å². The molecule has 0 saturated heterocycles. The van der Waals surface area contributed by atoms with Gasteiger partial charge in [-0.3, -0.25) is 4.79 Å². The Morgan fingerprint density at radius 1 is 1.22 bits per heavy atom. The summed E-state index contributed by atoms with van der Waals surface area (Å²) in [4.78, 5) is 12.3. The van der Waals surface area contributed by atoms with Crippen LogP contribution in [0.15, 0.2) is 52.2 Å². The molecule has 0 radical (unpaired) electrons. The van der Waals surface area contributed by atoms with Crippen molar-refractivity contribution in [3.63, 3.8) is 0 Å². The Bertz CT molecular complexity index is 750. The lowest BCUT2D eigenvalue weighted by Gasteiger charge is -2.14. The summed E-state index contributed by atoms with van der Waals surface area (Å²) in [6, 6.07) is 7.68. The molecule has 0 fully saturated rings. The van der Waals surface area contributed by atoms with Gasteiger partial charge in [0.15, 0.2) is 0 Å². The number of carbonyl (C=O) groups excluding carboxylic acids is 1. The second kappa shape index (κ2) is 6.97. The lowest BCUT2D eigenvalue weighted by atomic mass is 10.1. The molecule has 1 amide bonds. The average Bonchev–Trinajstić information content (AvgIpc) is 2.99. The summed E-state index contributed by atoms with van der Waals surface area (Å²) in [5.74, 6) is -0.241. The first kappa shape index (κ1) is 17.2. The molecule has 0 aliphatic heterocycles. The van der Waals surface area contributed by atoms with Crippen molar-refractivity contribution in [2.45, 2.75) is 24.3 Å². The molecule has 0 aliphatic rings. The Morgan fingerprint density at radius 2 is 1.87 bits per heavy atom. The van der Waals surface area contributed by atoms with E-state index in [1.165, 1.54) is 38.4 Å². The molecule has 1 heterocycles. The zero-order valence-electron chi connectivity index (χ0n) is 13.3. The topological polar surface area (TPSA) is 79.6 Å². The third kappa shape index (κ3) is 4.20. The van der Waals surface area contributed by atoms with Crippen molar-refractivity contribution in [1.82, 2.24) is 9.62 Å². The molecule has 2 rings (SSSR count). The van der Waals surface area contributed by atoms with Gasteiger partial charge < -0.3 is 9.73 Å². The van der Waals surface area contributed by atoms with E-state index in [9.17, 15) is 13.2 Å². The van der Waals surface area contributed by atoms with Crippen LogP contribution in [-0.2, 0) is 16.4 Å². The van der Waals surface area contributed by atoms with Crippen molar-refractivity contribution in [2.75, 3.05) is 14.1 Å². The minimum atomic E-state index is -3.49. The maximum Gasteiger partial charge on any atom is 0.251 e. The van der Waals surface area contributed by atoms with E-state index in [-0.39, 0.29) is 16.8 Å². The highest BCUT2D eigenvalue weighted by molar-refractivity contribution is 7.89. The minimum absolute atomic E-state index is 0.0646. The third-order valence-corrected chi connectivity index (χ3v) is 5.22. The van der Waals surface area contributed by atoms with Gasteiger partial charge in [0.2, 0.25) is 10.0 Å². The van der Waals surface area contributed by atoms with Crippen molar-refractivity contribution >= 4 is 15.9 Å². The van der Waals surface area contributed by atoms with Gasteiger partial charge in [0, 0.05) is 25.7 Å². The van der Waals surface area contributed by atoms with E-state index in [2.05, 4.69) is 5.32 Å². The molecule has 1 aromatic heterocycles. The molecular weight excluding hydrogens is 316 g/mol. The van der Waals surface area contributed by atoms with E-state index >= 15 is 0 Å². The summed E-state index contributed by atoms with van der Waals surface area (Å²) in [6.07, 6.45) is 3.90. The lowest BCUT2D eigenvalue weighted by Crippen LogP contribution is -2.34. The van der Waals surface area contributed by atoms with Crippen LogP contribution < -0.4 is 5.32 Å². The van der Waals surface area contributed by atoms with Gasteiger partial charge in [0.05, 0.1) is 17.4 Å². The zero-order valence-corrected chi connectivity index (χ0v) is 14.1. The average molecular weight is 336 g/mol. The summed E-state index contributed by atoms with van der Waals surface area (Å²) in [5, 5.41) is 2.87. The molecule has 1 atom stereocenters. The Morgan fingerprint density at radius 3 is 2.39 bits per heavy atom. The lowest BCUT2D eigenvalue weighted by molar-refractivity contribution is 0.0940. The fraction of sp³-hybridized carbons (Fsp3) is 0.312. The second-order valence-corrected chi connectivity index (χ2v) is 7.67. The van der Waals surface area contributed by atoms with Gasteiger partial charge in [-0.15, -0.1) is 0 Å². The first-order valence-electron chi connectivity index (χ1n) is 7.15. The standard InChI is InChI=1S/C16H20N2O4S/c1-12(10-13-8-9-22-11-13)17-16(19)14-4-6-15(7-5-14)23(20,21)18(2)3/h4-9,11-12H,10H2,1-3H3,(H,17,19). The monoisotopic (exact) mass is 336 g/mol. The fourth-order valence-corrected chi connectivity index (χ4v) is 3.01. The summed E-state index contributed by atoms with van der Waals surface area (Å²) in [7, 11) is -0.554. The van der Waals surface area contributed by atoms with E-state index in [0.717, 1.165) is 9.87 Å². The molecule has 1 unspecified atom stereocenters. The van der Waals surface area contributed by atoms with Gasteiger partial charge in [0.1, 0.15) is 0 Å². The minimum Gasteiger partial charge on any atom is -0.472 e. The number of nitrogens with one attached hydrogen (secondary N) is 1. The maximum absolute atomic E-state index is 12.2. The highest BCUT2D eigenvalue weighted by Gasteiger charge is 2.18.